The van der Waals surface area contributed by atoms with Gasteiger partial charge in [0.2, 0.25) is 5.91 Å². The molecule has 1 amide bonds. The van der Waals surface area contributed by atoms with E-state index in [9.17, 15) is 4.79 Å². The quantitative estimate of drug-likeness (QED) is 0.821. The van der Waals surface area contributed by atoms with Crippen LogP contribution < -0.4 is 10.6 Å². The van der Waals surface area contributed by atoms with Gasteiger partial charge in [-0.1, -0.05) is 0 Å². The fourth-order valence-electron chi connectivity index (χ4n) is 2.19. The second-order valence-electron chi connectivity index (χ2n) is 4.67. The van der Waals surface area contributed by atoms with Gasteiger partial charge in [0, 0.05) is 17.0 Å². The number of benzene rings is 1. The maximum atomic E-state index is 11.8. The van der Waals surface area contributed by atoms with E-state index in [0.29, 0.717) is 12.3 Å². The SMILES string of the molecule is CSc1ccc(NC(=O)CCC2CCNC2)cc1.Cl. The van der Waals surface area contributed by atoms with Gasteiger partial charge in [0.25, 0.3) is 0 Å². The van der Waals surface area contributed by atoms with E-state index >= 15 is 0 Å². The van der Waals surface area contributed by atoms with E-state index in [1.807, 2.05) is 30.5 Å². The van der Waals surface area contributed by atoms with Crippen molar-refractivity contribution in [1.29, 1.82) is 0 Å². The number of rotatable bonds is 5. The minimum Gasteiger partial charge on any atom is -0.326 e. The first-order valence-electron chi connectivity index (χ1n) is 6.42. The predicted molar refractivity (Wildman–Crippen MR) is 84.3 cm³/mol. The van der Waals surface area contributed by atoms with Crippen LogP contribution >= 0.6 is 24.2 Å². The molecule has 19 heavy (non-hydrogen) atoms. The highest BCUT2D eigenvalue weighted by molar-refractivity contribution is 7.98. The van der Waals surface area contributed by atoms with Crippen LogP contribution in [0.4, 0.5) is 5.69 Å². The third-order valence-corrected chi connectivity index (χ3v) is 4.06. The first-order valence-corrected chi connectivity index (χ1v) is 7.65. The van der Waals surface area contributed by atoms with Crippen molar-refractivity contribution in [2.24, 2.45) is 5.92 Å². The molecule has 1 aromatic rings. The Kier molecular flexibility index (Phi) is 7.28. The standard InChI is InChI=1S/C14H20N2OS.ClH/c1-18-13-5-3-12(4-6-13)16-14(17)7-2-11-8-9-15-10-11;/h3-6,11,15H,2,7-10H2,1H3,(H,16,17);1H. The van der Waals surface area contributed by atoms with Crippen molar-refractivity contribution in [1.82, 2.24) is 5.32 Å². The lowest BCUT2D eigenvalue weighted by molar-refractivity contribution is -0.116. The smallest absolute Gasteiger partial charge is 0.224 e. The molecule has 0 saturated carbocycles. The van der Waals surface area contributed by atoms with Gasteiger partial charge in [0.05, 0.1) is 0 Å². The van der Waals surface area contributed by atoms with E-state index in [4.69, 9.17) is 0 Å². The van der Waals surface area contributed by atoms with Crippen LogP contribution in [0, 0.1) is 5.92 Å². The topological polar surface area (TPSA) is 41.1 Å². The van der Waals surface area contributed by atoms with Gasteiger partial charge in [-0.3, -0.25) is 4.79 Å². The fourth-order valence-corrected chi connectivity index (χ4v) is 2.60. The van der Waals surface area contributed by atoms with Gasteiger partial charge in [-0.25, -0.2) is 0 Å². The van der Waals surface area contributed by atoms with Gasteiger partial charge in [-0.05, 0) is 62.4 Å². The normalized spacial score (nSPS) is 17.8. The van der Waals surface area contributed by atoms with E-state index in [-0.39, 0.29) is 18.3 Å². The first kappa shape index (κ1) is 16.3. The number of carbonyl (C=O) groups excluding carboxylic acids is 1. The Balaban J connectivity index is 0.00000180. The van der Waals surface area contributed by atoms with Gasteiger partial charge in [-0.15, -0.1) is 24.2 Å². The molecule has 1 saturated heterocycles. The molecule has 1 unspecified atom stereocenters. The molecule has 0 aliphatic carbocycles. The minimum absolute atomic E-state index is 0. The summed E-state index contributed by atoms with van der Waals surface area (Å²) in [6, 6.07) is 7.98. The molecule has 3 nitrogen and oxygen atoms in total. The number of anilines is 1. The van der Waals surface area contributed by atoms with Gasteiger partial charge in [0.1, 0.15) is 0 Å². The summed E-state index contributed by atoms with van der Waals surface area (Å²) >= 11 is 1.70. The van der Waals surface area contributed by atoms with Gasteiger partial charge in [0.15, 0.2) is 0 Å². The number of halogens is 1. The summed E-state index contributed by atoms with van der Waals surface area (Å²) in [6.45, 7) is 2.16. The van der Waals surface area contributed by atoms with Gasteiger partial charge in [-0.2, -0.15) is 0 Å². The molecule has 5 heteroatoms. The van der Waals surface area contributed by atoms with Gasteiger partial charge < -0.3 is 10.6 Å². The highest BCUT2D eigenvalue weighted by atomic mass is 35.5. The van der Waals surface area contributed by atoms with Crippen LogP contribution in [0.1, 0.15) is 19.3 Å². The molecule has 1 fully saturated rings. The maximum absolute atomic E-state index is 11.8. The largest absolute Gasteiger partial charge is 0.326 e. The summed E-state index contributed by atoms with van der Waals surface area (Å²) in [6.07, 6.45) is 4.86. The molecule has 0 spiro atoms. The van der Waals surface area contributed by atoms with Crippen molar-refractivity contribution >= 4 is 35.8 Å². The number of carbonyl (C=O) groups is 1. The van der Waals surface area contributed by atoms with Crippen molar-refractivity contribution in [3.8, 4) is 0 Å². The zero-order valence-electron chi connectivity index (χ0n) is 11.1. The summed E-state index contributed by atoms with van der Waals surface area (Å²) in [5.74, 6) is 0.799. The highest BCUT2D eigenvalue weighted by Gasteiger charge is 2.15. The van der Waals surface area contributed by atoms with Crippen LogP contribution in [0.3, 0.4) is 0 Å². The zero-order chi connectivity index (χ0) is 12.8. The average Bonchev–Trinajstić information content (AvgIpc) is 2.90. The lowest BCUT2D eigenvalue weighted by Crippen LogP contribution is -2.14. The summed E-state index contributed by atoms with van der Waals surface area (Å²) in [7, 11) is 0. The van der Waals surface area contributed by atoms with Crippen molar-refractivity contribution in [3.05, 3.63) is 24.3 Å². The Bertz CT molecular complexity index is 391. The fraction of sp³-hybridized carbons (Fsp3) is 0.500. The Morgan fingerprint density at radius 2 is 2.16 bits per heavy atom. The first-order chi connectivity index (χ1) is 8.78. The Labute approximate surface area is 125 Å². The van der Waals surface area contributed by atoms with E-state index in [1.165, 1.54) is 11.3 Å². The van der Waals surface area contributed by atoms with Crippen molar-refractivity contribution in [3.63, 3.8) is 0 Å². The highest BCUT2D eigenvalue weighted by Crippen LogP contribution is 2.18. The number of nitrogens with one attached hydrogen (secondary N) is 2. The third-order valence-electron chi connectivity index (χ3n) is 3.32. The molecular weight excluding hydrogens is 280 g/mol. The van der Waals surface area contributed by atoms with Crippen LogP contribution in [0.25, 0.3) is 0 Å². The summed E-state index contributed by atoms with van der Waals surface area (Å²) in [5, 5.41) is 6.27. The van der Waals surface area contributed by atoms with Crippen LogP contribution in [0.15, 0.2) is 29.2 Å². The van der Waals surface area contributed by atoms with Crippen molar-refractivity contribution < 1.29 is 4.79 Å². The van der Waals surface area contributed by atoms with E-state index in [0.717, 1.165) is 25.2 Å². The summed E-state index contributed by atoms with van der Waals surface area (Å²) in [4.78, 5) is 13.0. The number of hydrogen-bond acceptors (Lipinski definition) is 3. The number of thioether (sulfide) groups is 1. The molecule has 106 valence electrons. The molecule has 0 radical (unpaired) electrons. The predicted octanol–water partition coefficient (Wildman–Crippen LogP) is 3.16. The lowest BCUT2D eigenvalue weighted by atomic mass is 10.0. The molecular formula is C14H21ClN2OS. The minimum atomic E-state index is 0. The Morgan fingerprint density at radius 1 is 1.42 bits per heavy atom. The molecule has 2 rings (SSSR count). The van der Waals surface area contributed by atoms with E-state index in [1.54, 1.807) is 11.8 Å². The summed E-state index contributed by atoms with van der Waals surface area (Å²) in [5.41, 5.74) is 0.891. The Hall–Kier alpha value is -0.710. The number of hydrogen-bond donors (Lipinski definition) is 2. The molecule has 1 atom stereocenters. The zero-order valence-corrected chi connectivity index (χ0v) is 12.8. The second-order valence-corrected chi connectivity index (χ2v) is 5.55. The molecule has 2 N–H and O–H groups in total. The van der Waals surface area contributed by atoms with Crippen LogP contribution in [0.5, 0.6) is 0 Å². The monoisotopic (exact) mass is 300 g/mol. The van der Waals surface area contributed by atoms with E-state index < -0.39 is 0 Å². The molecule has 1 aliphatic rings. The Morgan fingerprint density at radius 3 is 2.74 bits per heavy atom. The average molecular weight is 301 g/mol. The van der Waals surface area contributed by atoms with Crippen LogP contribution in [0.2, 0.25) is 0 Å². The van der Waals surface area contributed by atoms with Gasteiger partial charge >= 0.3 is 0 Å². The molecule has 1 aliphatic heterocycles. The third kappa shape index (κ3) is 5.43. The second kappa shape index (κ2) is 8.46. The summed E-state index contributed by atoms with van der Waals surface area (Å²) < 4.78 is 0. The van der Waals surface area contributed by atoms with Crippen molar-refractivity contribution in [2.75, 3.05) is 24.7 Å². The number of amides is 1. The maximum Gasteiger partial charge on any atom is 0.224 e. The lowest BCUT2D eigenvalue weighted by Gasteiger charge is -2.09. The molecule has 0 bridgehead atoms. The van der Waals surface area contributed by atoms with E-state index in [2.05, 4.69) is 10.6 Å². The molecule has 0 aromatic heterocycles. The molecule has 1 aromatic carbocycles. The van der Waals surface area contributed by atoms with Crippen LogP contribution in [-0.4, -0.2) is 25.3 Å². The van der Waals surface area contributed by atoms with Crippen LogP contribution in [-0.2, 0) is 4.79 Å². The van der Waals surface area contributed by atoms with Crippen molar-refractivity contribution in [2.45, 2.75) is 24.2 Å². The molecule has 1 heterocycles.